The van der Waals surface area contributed by atoms with Crippen LogP contribution in [-0.4, -0.2) is 30.3 Å². The van der Waals surface area contributed by atoms with E-state index in [0.717, 1.165) is 37.6 Å². The molecule has 1 saturated heterocycles. The van der Waals surface area contributed by atoms with Gasteiger partial charge in [0.1, 0.15) is 5.78 Å². The average molecular weight is 265 g/mol. The van der Waals surface area contributed by atoms with E-state index in [1.54, 1.807) is 0 Å². The number of piperidine rings is 1. The number of likely N-dealkylation sites (tertiary alicyclic amines) is 1. The number of carbonyl (C=O) groups is 1. The molecule has 0 spiro atoms. The van der Waals surface area contributed by atoms with E-state index in [4.69, 9.17) is 0 Å². The number of carbonyl (C=O) groups excluding carboxylic acids is 1. The number of ketones is 1. The number of hydrogen-bond donors (Lipinski definition) is 0. The molecule has 19 heavy (non-hydrogen) atoms. The molecule has 0 radical (unpaired) electrons. The predicted molar refractivity (Wildman–Crippen MR) is 80.2 cm³/mol. The van der Waals surface area contributed by atoms with E-state index in [-0.39, 0.29) is 0 Å². The Balaban J connectivity index is 1.76. The molecule has 0 aromatic carbocycles. The standard InChI is InChI=1S/C17H31NO/c1-3-5-15-8-10-18(11-9-15)13-16-12-14(4-2)6-7-17(16)19/h14-16H,3-13H2,1-2H3. The second-order valence-electron chi connectivity index (χ2n) is 6.74. The zero-order valence-corrected chi connectivity index (χ0v) is 12.9. The molecule has 0 amide bonds. The van der Waals surface area contributed by atoms with Crippen LogP contribution in [0.4, 0.5) is 0 Å². The zero-order chi connectivity index (χ0) is 13.7. The molecule has 2 unspecified atom stereocenters. The Kier molecular flexibility index (Phi) is 5.87. The van der Waals surface area contributed by atoms with Gasteiger partial charge in [0.15, 0.2) is 0 Å². The van der Waals surface area contributed by atoms with Crippen molar-refractivity contribution in [2.24, 2.45) is 17.8 Å². The summed E-state index contributed by atoms with van der Waals surface area (Å²) in [7, 11) is 0. The minimum atomic E-state index is 0.349. The van der Waals surface area contributed by atoms with Crippen molar-refractivity contribution in [3.8, 4) is 0 Å². The van der Waals surface area contributed by atoms with Gasteiger partial charge in [0.05, 0.1) is 0 Å². The van der Waals surface area contributed by atoms with Crippen LogP contribution in [0.15, 0.2) is 0 Å². The summed E-state index contributed by atoms with van der Waals surface area (Å²) in [6, 6.07) is 0. The molecule has 0 aromatic heterocycles. The molecular formula is C17H31NO. The van der Waals surface area contributed by atoms with Gasteiger partial charge in [-0.1, -0.05) is 33.1 Å². The molecule has 2 fully saturated rings. The highest BCUT2D eigenvalue weighted by molar-refractivity contribution is 5.81. The third-order valence-electron chi connectivity index (χ3n) is 5.33. The highest BCUT2D eigenvalue weighted by Gasteiger charge is 2.30. The first-order chi connectivity index (χ1) is 9.22. The lowest BCUT2D eigenvalue weighted by molar-refractivity contribution is -0.126. The summed E-state index contributed by atoms with van der Waals surface area (Å²) in [6.45, 7) is 8.07. The Morgan fingerprint density at radius 1 is 1.11 bits per heavy atom. The molecule has 2 nitrogen and oxygen atoms in total. The van der Waals surface area contributed by atoms with Gasteiger partial charge < -0.3 is 4.90 Å². The molecule has 2 heteroatoms. The van der Waals surface area contributed by atoms with Crippen molar-refractivity contribution in [1.29, 1.82) is 0 Å². The van der Waals surface area contributed by atoms with Gasteiger partial charge in [-0.05, 0) is 50.6 Å². The number of rotatable bonds is 5. The molecule has 1 aliphatic heterocycles. The number of Topliss-reactive ketones (excluding diaryl/α,β-unsaturated/α-hetero) is 1. The van der Waals surface area contributed by atoms with Gasteiger partial charge in [-0.25, -0.2) is 0 Å². The molecule has 0 aromatic rings. The summed E-state index contributed by atoms with van der Waals surface area (Å²) in [5.74, 6) is 2.65. The lowest BCUT2D eigenvalue weighted by Gasteiger charge is -2.36. The summed E-state index contributed by atoms with van der Waals surface area (Å²) in [4.78, 5) is 14.6. The quantitative estimate of drug-likeness (QED) is 0.751. The van der Waals surface area contributed by atoms with Crippen LogP contribution in [0.2, 0.25) is 0 Å². The highest BCUT2D eigenvalue weighted by Crippen LogP contribution is 2.30. The maximum absolute atomic E-state index is 12.1. The minimum absolute atomic E-state index is 0.349. The lowest BCUT2D eigenvalue weighted by Crippen LogP contribution is -2.40. The predicted octanol–water partition coefficient (Wildman–Crippen LogP) is 3.89. The van der Waals surface area contributed by atoms with Crippen LogP contribution >= 0.6 is 0 Å². The van der Waals surface area contributed by atoms with Gasteiger partial charge in [0.25, 0.3) is 0 Å². The van der Waals surface area contributed by atoms with E-state index in [1.807, 2.05) is 0 Å². The first-order valence-corrected chi connectivity index (χ1v) is 8.48. The summed E-state index contributed by atoms with van der Waals surface area (Å²) in [5.41, 5.74) is 0. The Morgan fingerprint density at radius 3 is 2.47 bits per heavy atom. The van der Waals surface area contributed by atoms with Crippen molar-refractivity contribution in [3.05, 3.63) is 0 Å². The summed E-state index contributed by atoms with van der Waals surface area (Å²) < 4.78 is 0. The molecular weight excluding hydrogens is 234 g/mol. The molecule has 110 valence electrons. The molecule has 0 bridgehead atoms. The maximum atomic E-state index is 12.1. The Bertz CT molecular complexity index is 281. The third-order valence-corrected chi connectivity index (χ3v) is 5.33. The number of nitrogens with zero attached hydrogens (tertiary/aromatic N) is 1. The van der Waals surface area contributed by atoms with Crippen molar-refractivity contribution < 1.29 is 4.79 Å². The van der Waals surface area contributed by atoms with Crippen LogP contribution in [0.3, 0.4) is 0 Å². The molecule has 2 rings (SSSR count). The normalized spacial score (nSPS) is 30.7. The van der Waals surface area contributed by atoms with E-state index in [9.17, 15) is 4.79 Å². The molecule has 0 N–H and O–H groups in total. The van der Waals surface area contributed by atoms with Crippen LogP contribution in [-0.2, 0) is 4.79 Å². The van der Waals surface area contributed by atoms with Crippen molar-refractivity contribution in [3.63, 3.8) is 0 Å². The highest BCUT2D eigenvalue weighted by atomic mass is 16.1. The van der Waals surface area contributed by atoms with E-state index >= 15 is 0 Å². The van der Waals surface area contributed by atoms with Crippen LogP contribution in [0.25, 0.3) is 0 Å². The SMILES string of the molecule is CCCC1CCN(CC2CC(CC)CCC2=O)CC1. The van der Waals surface area contributed by atoms with Crippen LogP contribution in [0.5, 0.6) is 0 Å². The second-order valence-corrected chi connectivity index (χ2v) is 6.74. The van der Waals surface area contributed by atoms with Crippen molar-refractivity contribution >= 4 is 5.78 Å². The van der Waals surface area contributed by atoms with Gasteiger partial charge in [-0.2, -0.15) is 0 Å². The van der Waals surface area contributed by atoms with E-state index < -0.39 is 0 Å². The van der Waals surface area contributed by atoms with Crippen molar-refractivity contribution in [2.75, 3.05) is 19.6 Å². The Labute approximate surface area is 118 Å². The van der Waals surface area contributed by atoms with Gasteiger partial charge >= 0.3 is 0 Å². The summed E-state index contributed by atoms with van der Waals surface area (Å²) >= 11 is 0. The summed E-state index contributed by atoms with van der Waals surface area (Å²) in [5, 5.41) is 0. The van der Waals surface area contributed by atoms with E-state index in [2.05, 4.69) is 18.7 Å². The van der Waals surface area contributed by atoms with Crippen molar-refractivity contribution in [2.45, 2.75) is 65.2 Å². The summed E-state index contributed by atoms with van der Waals surface area (Å²) in [6.07, 6.45) is 9.82. The fourth-order valence-electron chi connectivity index (χ4n) is 3.93. The smallest absolute Gasteiger partial charge is 0.137 e. The second kappa shape index (κ2) is 7.42. The van der Waals surface area contributed by atoms with Gasteiger partial charge in [0.2, 0.25) is 0 Å². The molecule has 1 aliphatic carbocycles. The lowest BCUT2D eigenvalue weighted by atomic mass is 9.79. The first kappa shape index (κ1) is 15.0. The maximum Gasteiger partial charge on any atom is 0.137 e. The Morgan fingerprint density at radius 2 is 1.84 bits per heavy atom. The molecule has 2 atom stereocenters. The monoisotopic (exact) mass is 265 g/mol. The van der Waals surface area contributed by atoms with Crippen LogP contribution in [0.1, 0.15) is 65.2 Å². The zero-order valence-electron chi connectivity index (χ0n) is 12.9. The molecule has 1 heterocycles. The van der Waals surface area contributed by atoms with E-state index in [0.29, 0.717) is 11.7 Å². The fourth-order valence-corrected chi connectivity index (χ4v) is 3.93. The largest absolute Gasteiger partial charge is 0.303 e. The third kappa shape index (κ3) is 4.30. The van der Waals surface area contributed by atoms with Crippen LogP contribution < -0.4 is 0 Å². The first-order valence-electron chi connectivity index (χ1n) is 8.48. The van der Waals surface area contributed by atoms with Crippen molar-refractivity contribution in [1.82, 2.24) is 4.90 Å². The number of hydrogen-bond acceptors (Lipinski definition) is 2. The van der Waals surface area contributed by atoms with Crippen LogP contribution in [0, 0.1) is 17.8 Å². The fraction of sp³-hybridized carbons (Fsp3) is 0.941. The molecule has 2 aliphatic rings. The van der Waals surface area contributed by atoms with Gasteiger partial charge in [0, 0.05) is 18.9 Å². The Hall–Kier alpha value is -0.370. The molecule has 1 saturated carbocycles. The minimum Gasteiger partial charge on any atom is -0.303 e. The topological polar surface area (TPSA) is 20.3 Å². The van der Waals surface area contributed by atoms with Gasteiger partial charge in [-0.15, -0.1) is 0 Å². The average Bonchev–Trinajstić information content (AvgIpc) is 2.44. The van der Waals surface area contributed by atoms with E-state index in [1.165, 1.54) is 45.2 Å². The van der Waals surface area contributed by atoms with Gasteiger partial charge in [-0.3, -0.25) is 4.79 Å².